The van der Waals surface area contributed by atoms with Crippen molar-refractivity contribution in [1.82, 2.24) is 19.4 Å². The Morgan fingerprint density at radius 1 is 0.434 bits per heavy atom. The first-order chi connectivity index (χ1) is 50.6. The molecule has 580 valence electrons. The quantitative estimate of drug-likeness (QED) is 0.0284. The summed E-state index contributed by atoms with van der Waals surface area (Å²) in [4.78, 5) is 36.2. The van der Waals surface area contributed by atoms with Crippen molar-refractivity contribution < 1.29 is 47.3 Å². The number of nitrogens with one attached hydrogen (secondary N) is 1. The molecule has 0 aliphatic carbocycles. The van der Waals surface area contributed by atoms with Crippen LogP contribution in [0.4, 0.5) is 11.6 Å². The van der Waals surface area contributed by atoms with Crippen molar-refractivity contribution in [1.29, 1.82) is 0 Å². The van der Waals surface area contributed by atoms with E-state index in [2.05, 4.69) is 148 Å². The largest absolute Gasteiger partial charge is 0.492 e. The average molecular weight is 1560 g/mol. The minimum atomic E-state index is 0.219. The molecule has 106 heavy (non-hydrogen) atoms. The lowest BCUT2D eigenvalue weighted by Crippen LogP contribution is -2.32. The molecular weight excluding hydrogens is 1440 g/mol. The zero-order valence-corrected chi connectivity index (χ0v) is 70.7. The molecule has 6 bridgehead atoms. The molecule has 4 aromatic carbocycles. The third kappa shape index (κ3) is 17.7. The maximum absolute atomic E-state index is 8.16. The van der Waals surface area contributed by atoms with E-state index in [4.69, 9.17) is 114 Å². The van der Waals surface area contributed by atoms with E-state index in [0.717, 1.165) is 75.7 Å². The number of benzene rings is 4. The Hall–Kier alpha value is -6.09. The van der Waals surface area contributed by atoms with Gasteiger partial charge in [-0.3, -0.25) is 0 Å². The van der Waals surface area contributed by atoms with E-state index in [0.29, 0.717) is 262 Å². The van der Waals surface area contributed by atoms with Gasteiger partial charge in [0.1, 0.15) is 55.4 Å². The normalized spacial score (nSPS) is 13.2. The molecule has 18 nitrogen and oxygen atoms in total. The molecule has 4 aliphatic rings. The molecule has 10 rings (SSSR count). The zero-order chi connectivity index (χ0) is 76.7. The highest BCUT2D eigenvalue weighted by molar-refractivity contribution is 7.99. The zero-order valence-electron chi connectivity index (χ0n) is 66.8. The van der Waals surface area contributed by atoms with Crippen molar-refractivity contribution in [3.63, 3.8) is 0 Å². The van der Waals surface area contributed by atoms with Gasteiger partial charge < -0.3 is 47.8 Å². The van der Waals surface area contributed by atoms with Crippen LogP contribution in [0.1, 0.15) is 218 Å². The van der Waals surface area contributed by atoms with Gasteiger partial charge in [-0.2, -0.15) is 9.62 Å². The van der Waals surface area contributed by atoms with Gasteiger partial charge in [0.15, 0.2) is 28.9 Å². The molecule has 0 radical (unpaired) electrons. The van der Waals surface area contributed by atoms with Crippen LogP contribution in [0.15, 0.2) is 29.5 Å². The van der Waals surface area contributed by atoms with Gasteiger partial charge >= 0.3 is 0 Å². The Balaban J connectivity index is 1.56. The Morgan fingerprint density at radius 2 is 0.840 bits per heavy atom. The Kier molecular flexibility index (Phi) is 28.5. The molecule has 0 saturated heterocycles. The molecule has 6 aromatic rings. The van der Waals surface area contributed by atoms with Crippen LogP contribution in [0.3, 0.4) is 0 Å². The number of thioether (sulfide) groups is 1. The number of nitrogens with zero attached hydrogens (tertiary/aromatic N) is 8. The van der Waals surface area contributed by atoms with Gasteiger partial charge in [-0.15, -0.1) is 16.8 Å². The molecule has 0 atom stereocenters. The number of ether oxygens (including phenoxy) is 8. The SMILES string of the molecule is CCc1c(Cl)c(OCCC(C)C)c2c(c1OCCC(C)C)C1=Nc3c4c(OCCC(C)C)c(Cl)c(SCCN(CC)CC)c(OCCC(C)C)c4c4nc5c6c(OCCC(C)C)c(Cl)c(CC)c(OCCC(C)C)c6c([n+]-5on34)N=c3[nH]c(c4c(OCCC(C)C)c(C)c(Cl)c(OCCC(C)C)c34)=NC2=N1. The van der Waals surface area contributed by atoms with Crippen LogP contribution < -0.4 is 53.6 Å². The number of H-pyrrole nitrogens is 1. The van der Waals surface area contributed by atoms with Gasteiger partial charge in [-0.05, 0) is 141 Å². The summed E-state index contributed by atoms with van der Waals surface area (Å²) in [7, 11) is 0. The fourth-order valence-corrected chi connectivity index (χ4v) is 15.4. The van der Waals surface area contributed by atoms with Crippen LogP contribution in [0.2, 0.25) is 20.1 Å². The summed E-state index contributed by atoms with van der Waals surface area (Å²) in [5.41, 5.74) is 4.07. The summed E-state index contributed by atoms with van der Waals surface area (Å²) >= 11 is 33.5. The molecule has 23 heteroatoms. The van der Waals surface area contributed by atoms with Crippen molar-refractivity contribution >= 4 is 119 Å². The molecule has 2 aromatic heterocycles. The van der Waals surface area contributed by atoms with Crippen LogP contribution in [0.5, 0.6) is 46.0 Å². The third-order valence-electron chi connectivity index (χ3n) is 19.6. The number of aromatic amines is 1. The van der Waals surface area contributed by atoms with E-state index < -0.39 is 0 Å². The van der Waals surface area contributed by atoms with Crippen LogP contribution >= 0.6 is 58.2 Å². The van der Waals surface area contributed by atoms with Crippen LogP contribution in [-0.4, -0.2) is 109 Å². The Labute approximate surface area is 652 Å². The maximum Gasteiger partial charge on any atom is 0.287 e. The molecule has 0 amide bonds. The smallest absolute Gasteiger partial charge is 0.287 e. The van der Waals surface area contributed by atoms with Gasteiger partial charge in [-0.1, -0.05) is 190 Å². The highest BCUT2D eigenvalue weighted by Crippen LogP contribution is 2.57. The summed E-state index contributed by atoms with van der Waals surface area (Å²) in [5.74, 6) is 7.89. The predicted octanol–water partition coefficient (Wildman–Crippen LogP) is 21.7. The van der Waals surface area contributed by atoms with Crippen LogP contribution in [-0.2, 0) is 12.8 Å². The summed E-state index contributed by atoms with van der Waals surface area (Å²) < 4.78 is 68.5. The summed E-state index contributed by atoms with van der Waals surface area (Å²) in [6.45, 7) is 50.6. The van der Waals surface area contributed by atoms with Gasteiger partial charge in [0.25, 0.3) is 17.3 Å². The second-order valence-corrected chi connectivity index (χ2v) is 34.2. The second-order valence-electron chi connectivity index (χ2n) is 31.6. The first-order valence-electron chi connectivity index (χ1n) is 39.2. The topological polar surface area (TPSA) is 177 Å². The highest BCUT2D eigenvalue weighted by Gasteiger charge is 2.43. The molecular formula is C83H116Cl4N9O9S+. The van der Waals surface area contributed by atoms with Crippen LogP contribution in [0, 0.1) is 54.3 Å². The second kappa shape index (κ2) is 36.6. The summed E-state index contributed by atoms with van der Waals surface area (Å²) in [6, 6.07) is 0. The Morgan fingerprint density at radius 3 is 1.34 bits per heavy atom. The lowest BCUT2D eigenvalue weighted by molar-refractivity contribution is -0.793. The van der Waals surface area contributed by atoms with Crippen molar-refractivity contribution in [2.75, 3.05) is 78.2 Å². The number of aliphatic imine (C=N–C) groups is 2. The van der Waals surface area contributed by atoms with Gasteiger partial charge in [0, 0.05) is 29.0 Å². The number of hydrogen-bond acceptors (Lipinski definition) is 16. The molecule has 0 fully saturated rings. The van der Waals surface area contributed by atoms with Gasteiger partial charge in [0.2, 0.25) is 11.3 Å². The standard InChI is InChI=1S/C83H115Cl4N9O9S/c1-22-53-64(85)71(101-39-30-48(13)14)58-56(68(53)98-36-27-45(7)8)78-90-77(58)88-76-55-57(70(100-38-29-47(11)12)63(84)52(21)67(55)97-35-26-44(5)6)79(89-76)92-80-59-60(72(102-40-31-49(15)16)65(86)54(23-2)69(59)99-37-28-46(9)10)82-93-83-62-61(81(91-78)96(83)105-95(80)82)73(103-41-32-50(17)18)66(87)75(74(62)104-42-33-51(19)20)106-43-34-94(24-3)25-4/h44-51H,22-43H2,1-21H3/p+1. The van der Waals surface area contributed by atoms with Crippen molar-refractivity contribution in [2.45, 2.75) is 215 Å². The first-order valence-corrected chi connectivity index (χ1v) is 41.7. The van der Waals surface area contributed by atoms with E-state index >= 15 is 0 Å². The lowest BCUT2D eigenvalue weighted by Gasteiger charge is -2.21. The van der Waals surface area contributed by atoms with E-state index in [1.54, 1.807) is 21.1 Å². The van der Waals surface area contributed by atoms with E-state index in [1.807, 2.05) is 6.92 Å². The minimum absolute atomic E-state index is 0.219. The van der Waals surface area contributed by atoms with Crippen LogP contribution in [0.25, 0.3) is 43.8 Å². The fraction of sp³-hybridized carbons (Fsp3) is 0.614. The number of hydrogen-bond donors (Lipinski definition) is 1. The molecule has 0 saturated carbocycles. The number of fused-ring (bicyclic) bond motifs is 15. The molecule has 1 N–H and O–H groups in total. The molecule has 0 unspecified atom stereocenters. The number of halogens is 4. The third-order valence-corrected chi connectivity index (χ3v) is 22.4. The lowest BCUT2D eigenvalue weighted by atomic mass is 9.98. The van der Waals surface area contributed by atoms with Gasteiger partial charge in [0.05, 0.1) is 100 Å². The highest BCUT2D eigenvalue weighted by atomic mass is 35.5. The number of amidine groups is 2. The van der Waals surface area contributed by atoms with Crippen molar-refractivity contribution in [3.8, 4) is 51.8 Å². The van der Waals surface area contributed by atoms with Gasteiger partial charge in [-0.25, -0.2) is 9.98 Å². The molecule has 4 aliphatic heterocycles. The summed E-state index contributed by atoms with van der Waals surface area (Å²) in [5, 5.41) is 4.64. The van der Waals surface area contributed by atoms with E-state index in [1.165, 1.54) is 0 Å². The number of aromatic nitrogens is 4. The maximum atomic E-state index is 8.16. The Bertz CT molecular complexity index is 4610. The van der Waals surface area contributed by atoms with E-state index in [-0.39, 0.29) is 29.2 Å². The van der Waals surface area contributed by atoms with Crippen molar-refractivity contribution in [3.05, 3.63) is 58.9 Å². The molecule has 0 spiro atoms. The summed E-state index contributed by atoms with van der Waals surface area (Å²) in [6.07, 6.45) is 6.79. The monoisotopic (exact) mass is 1550 g/mol. The average Bonchev–Trinajstić information content (AvgIpc) is 1.53. The van der Waals surface area contributed by atoms with Crippen molar-refractivity contribution in [2.24, 2.45) is 67.3 Å². The number of rotatable bonds is 40. The predicted molar refractivity (Wildman–Crippen MR) is 436 cm³/mol. The minimum Gasteiger partial charge on any atom is -0.492 e. The first kappa shape index (κ1) is 82.4. The molecule has 6 heterocycles. The van der Waals surface area contributed by atoms with E-state index in [9.17, 15) is 0 Å². The fourth-order valence-electron chi connectivity index (χ4n) is 13.0.